The van der Waals surface area contributed by atoms with Gasteiger partial charge in [0.1, 0.15) is 11.3 Å². The first kappa shape index (κ1) is 23.7. The lowest BCUT2D eigenvalue weighted by molar-refractivity contribution is -0.142. The zero-order valence-electron chi connectivity index (χ0n) is 19.6. The Labute approximate surface area is 205 Å². The predicted molar refractivity (Wildman–Crippen MR) is 130 cm³/mol. The molecule has 36 heavy (non-hydrogen) atoms. The van der Waals surface area contributed by atoms with Gasteiger partial charge in [-0.15, -0.1) is 5.10 Å². The molecule has 2 heterocycles. The molecule has 1 N–H and O–H groups in total. The number of hydrogen-bond donors (Lipinski definition) is 1. The fraction of sp³-hybridized carbons (Fsp3) is 0.385. The molecule has 10 heteroatoms. The highest BCUT2D eigenvalue weighted by atomic mass is 16.5. The normalized spacial score (nSPS) is 14.9. The lowest BCUT2D eigenvalue weighted by atomic mass is 9.96. The van der Waals surface area contributed by atoms with Crippen LogP contribution in [0.1, 0.15) is 49.0 Å². The van der Waals surface area contributed by atoms with E-state index < -0.39 is 17.7 Å². The van der Waals surface area contributed by atoms with E-state index in [-0.39, 0.29) is 30.6 Å². The summed E-state index contributed by atoms with van der Waals surface area (Å²) in [6, 6.07) is 12.0. The molecule has 2 aromatic carbocycles. The Balaban J connectivity index is 1.26. The molecule has 1 aliphatic carbocycles. The molecule has 1 saturated carbocycles. The number of hydrogen-bond acceptors (Lipinski definition) is 8. The number of carbonyl (C=O) groups is 2. The van der Waals surface area contributed by atoms with Crippen LogP contribution in [0.2, 0.25) is 0 Å². The summed E-state index contributed by atoms with van der Waals surface area (Å²) in [4.78, 5) is 37.5. The monoisotopic (exact) mass is 490 g/mol. The van der Waals surface area contributed by atoms with Crippen molar-refractivity contribution < 1.29 is 24.0 Å². The molecule has 0 aliphatic heterocycles. The zero-order chi connectivity index (χ0) is 25.1. The SMILES string of the molecule is O=C(CC(CCn1nnc2ccccc2c1=O)C(=O)O)c1noc2cc(OCC3CCCC3)ccc12. The maximum Gasteiger partial charge on any atom is 0.307 e. The Morgan fingerprint density at radius 3 is 2.75 bits per heavy atom. The van der Waals surface area contributed by atoms with Gasteiger partial charge in [0.05, 0.1) is 23.3 Å². The number of Topliss-reactive ketones (excluding diaryl/α,β-unsaturated/α-hetero) is 1. The van der Waals surface area contributed by atoms with E-state index in [0.29, 0.717) is 40.1 Å². The van der Waals surface area contributed by atoms with Crippen molar-refractivity contribution in [3.8, 4) is 5.75 Å². The van der Waals surface area contributed by atoms with Gasteiger partial charge in [0.25, 0.3) is 5.56 Å². The fourth-order valence-corrected chi connectivity index (χ4v) is 4.68. The third kappa shape index (κ3) is 4.98. The molecule has 1 aliphatic rings. The highest BCUT2D eigenvalue weighted by Gasteiger charge is 2.26. The van der Waals surface area contributed by atoms with Crippen LogP contribution in [0.15, 0.2) is 51.8 Å². The summed E-state index contributed by atoms with van der Waals surface area (Å²) in [5.41, 5.74) is 0.603. The Bertz CT molecular complexity index is 1470. The lowest BCUT2D eigenvalue weighted by Crippen LogP contribution is -2.27. The van der Waals surface area contributed by atoms with Gasteiger partial charge in [0, 0.05) is 19.0 Å². The molecular weight excluding hydrogens is 464 g/mol. The van der Waals surface area contributed by atoms with Gasteiger partial charge in [0.15, 0.2) is 17.1 Å². The molecular formula is C26H26N4O6. The maximum atomic E-state index is 13.0. The van der Waals surface area contributed by atoms with E-state index in [1.165, 1.54) is 25.7 Å². The van der Waals surface area contributed by atoms with Gasteiger partial charge < -0.3 is 14.4 Å². The summed E-state index contributed by atoms with van der Waals surface area (Å²) in [6.45, 7) is 0.665. The number of rotatable bonds is 10. The number of aromatic nitrogens is 4. The molecule has 0 saturated heterocycles. The average Bonchev–Trinajstić information content (AvgIpc) is 3.56. The number of fused-ring (bicyclic) bond motifs is 2. The highest BCUT2D eigenvalue weighted by Crippen LogP contribution is 2.28. The Morgan fingerprint density at radius 1 is 1.14 bits per heavy atom. The number of benzene rings is 2. The van der Waals surface area contributed by atoms with Crippen LogP contribution < -0.4 is 10.3 Å². The second kappa shape index (κ2) is 10.3. The number of aryl methyl sites for hydroxylation is 1. The number of ether oxygens (including phenoxy) is 1. The highest BCUT2D eigenvalue weighted by molar-refractivity contribution is 6.06. The van der Waals surface area contributed by atoms with Crippen molar-refractivity contribution in [3.63, 3.8) is 0 Å². The summed E-state index contributed by atoms with van der Waals surface area (Å²) in [6.07, 6.45) is 4.58. The average molecular weight is 491 g/mol. The van der Waals surface area contributed by atoms with Crippen LogP contribution in [0.3, 0.4) is 0 Å². The summed E-state index contributed by atoms with van der Waals surface area (Å²) < 4.78 is 12.4. The van der Waals surface area contributed by atoms with Crippen LogP contribution in [0.4, 0.5) is 0 Å². The van der Waals surface area contributed by atoms with Crippen LogP contribution in [0.25, 0.3) is 21.9 Å². The van der Waals surface area contributed by atoms with Crippen LogP contribution in [-0.4, -0.2) is 43.6 Å². The number of aliphatic carboxylic acids is 1. The van der Waals surface area contributed by atoms with Crippen molar-refractivity contribution in [3.05, 3.63) is 58.5 Å². The molecule has 0 radical (unpaired) electrons. The minimum absolute atomic E-state index is 0.0160. The molecule has 186 valence electrons. The fourth-order valence-electron chi connectivity index (χ4n) is 4.68. The summed E-state index contributed by atoms with van der Waals surface area (Å²) in [5, 5.41) is 22.4. The van der Waals surface area contributed by atoms with Crippen LogP contribution in [0.5, 0.6) is 5.75 Å². The maximum absolute atomic E-state index is 13.0. The Hall–Kier alpha value is -4.08. The van der Waals surface area contributed by atoms with Crippen LogP contribution >= 0.6 is 0 Å². The van der Waals surface area contributed by atoms with Gasteiger partial charge >= 0.3 is 5.97 Å². The molecule has 2 aromatic heterocycles. The number of carboxylic acids is 1. The van der Waals surface area contributed by atoms with Crippen molar-refractivity contribution in [2.75, 3.05) is 6.61 Å². The van der Waals surface area contributed by atoms with E-state index in [4.69, 9.17) is 9.26 Å². The van der Waals surface area contributed by atoms with E-state index in [9.17, 15) is 19.5 Å². The minimum Gasteiger partial charge on any atom is -0.493 e. The molecule has 4 aromatic rings. The smallest absolute Gasteiger partial charge is 0.307 e. The molecule has 5 rings (SSSR count). The second-order valence-electron chi connectivity index (χ2n) is 9.24. The summed E-state index contributed by atoms with van der Waals surface area (Å²) in [5.74, 6) is -1.40. The topological polar surface area (TPSA) is 137 Å². The largest absolute Gasteiger partial charge is 0.493 e. The van der Waals surface area contributed by atoms with Gasteiger partial charge in [-0.25, -0.2) is 4.68 Å². The zero-order valence-corrected chi connectivity index (χ0v) is 19.6. The van der Waals surface area contributed by atoms with Gasteiger partial charge in [-0.05, 0) is 49.4 Å². The van der Waals surface area contributed by atoms with Gasteiger partial charge in [-0.1, -0.05) is 35.3 Å². The van der Waals surface area contributed by atoms with Crippen molar-refractivity contribution in [2.24, 2.45) is 11.8 Å². The standard InChI is InChI=1S/C26H26N4O6/c31-22(24-20-10-9-18(14-23(20)36-28-24)35-15-16-5-1-2-6-16)13-17(26(33)34)11-12-30-25(32)19-7-3-4-8-21(19)27-29-30/h3-4,7-10,14,16-17H,1-2,5-6,11-13,15H2,(H,33,34). The molecule has 0 amide bonds. The van der Waals surface area contributed by atoms with E-state index in [1.54, 1.807) is 42.5 Å². The predicted octanol–water partition coefficient (Wildman–Crippen LogP) is 3.87. The second-order valence-corrected chi connectivity index (χ2v) is 9.24. The lowest BCUT2D eigenvalue weighted by Gasteiger charge is -2.12. The van der Waals surface area contributed by atoms with E-state index >= 15 is 0 Å². The summed E-state index contributed by atoms with van der Waals surface area (Å²) >= 11 is 0. The molecule has 10 nitrogen and oxygen atoms in total. The number of ketones is 1. The molecule has 1 unspecified atom stereocenters. The Morgan fingerprint density at radius 2 is 1.94 bits per heavy atom. The quantitative estimate of drug-likeness (QED) is 0.328. The summed E-state index contributed by atoms with van der Waals surface area (Å²) in [7, 11) is 0. The van der Waals surface area contributed by atoms with Gasteiger partial charge in [0.2, 0.25) is 0 Å². The molecule has 0 bridgehead atoms. The molecule has 1 atom stereocenters. The molecule has 0 spiro atoms. The van der Waals surface area contributed by atoms with Crippen LogP contribution in [-0.2, 0) is 11.3 Å². The van der Waals surface area contributed by atoms with Gasteiger partial charge in [-0.3, -0.25) is 14.4 Å². The first-order valence-corrected chi connectivity index (χ1v) is 12.1. The van der Waals surface area contributed by atoms with E-state index in [0.717, 1.165) is 4.68 Å². The van der Waals surface area contributed by atoms with E-state index in [2.05, 4.69) is 15.5 Å². The van der Waals surface area contributed by atoms with Crippen molar-refractivity contribution in [1.82, 2.24) is 20.2 Å². The Kier molecular flexibility index (Phi) is 6.75. The molecule has 1 fully saturated rings. The first-order chi connectivity index (χ1) is 17.5. The number of carboxylic acid groups (broad SMARTS) is 1. The van der Waals surface area contributed by atoms with Crippen molar-refractivity contribution >= 4 is 33.6 Å². The van der Waals surface area contributed by atoms with Gasteiger partial charge in [-0.2, -0.15) is 0 Å². The van der Waals surface area contributed by atoms with Crippen molar-refractivity contribution in [2.45, 2.75) is 45.1 Å². The number of carbonyl (C=O) groups excluding carboxylic acids is 1. The first-order valence-electron chi connectivity index (χ1n) is 12.1. The van der Waals surface area contributed by atoms with E-state index in [1.807, 2.05) is 0 Å². The third-order valence-electron chi connectivity index (χ3n) is 6.77. The minimum atomic E-state index is -1.14. The number of nitrogens with zero attached hydrogens (tertiary/aromatic N) is 4. The van der Waals surface area contributed by atoms with Crippen molar-refractivity contribution in [1.29, 1.82) is 0 Å². The third-order valence-corrected chi connectivity index (χ3v) is 6.77. The van der Waals surface area contributed by atoms with Crippen LogP contribution in [0, 0.1) is 11.8 Å².